The van der Waals surface area contributed by atoms with E-state index in [0.717, 1.165) is 37.6 Å². The Morgan fingerprint density at radius 2 is 1.95 bits per heavy atom. The molecule has 1 aromatic heterocycles. The maximum absolute atomic E-state index is 12.2. The second-order valence-corrected chi connectivity index (χ2v) is 6.22. The molecule has 0 amide bonds. The minimum atomic E-state index is -0.166. The van der Waals surface area contributed by atoms with E-state index in [2.05, 4.69) is 11.8 Å². The van der Waals surface area contributed by atoms with Crippen LogP contribution >= 0.6 is 0 Å². The molecule has 1 saturated heterocycles. The highest BCUT2D eigenvalue weighted by Gasteiger charge is 2.15. The molecule has 0 saturated carbocycles. The predicted molar refractivity (Wildman–Crippen MR) is 87.8 cm³/mol. The molecule has 114 valence electrons. The summed E-state index contributed by atoms with van der Waals surface area (Å²) in [5.41, 5.74) is 0.976. The standard InChI is InChI=1S/C18H21N3O/c1-14-6-8-20(9-7-14)10-11-21-13-15(12-19)18(22)16-4-2-3-5-17(16)21/h2-5,13-14H,6-11H2,1H3. The molecule has 1 fully saturated rings. The lowest BCUT2D eigenvalue weighted by Crippen LogP contribution is -2.35. The summed E-state index contributed by atoms with van der Waals surface area (Å²) in [6.45, 7) is 6.37. The van der Waals surface area contributed by atoms with E-state index < -0.39 is 0 Å². The van der Waals surface area contributed by atoms with Crippen molar-refractivity contribution in [1.29, 1.82) is 5.26 Å². The van der Waals surface area contributed by atoms with E-state index in [9.17, 15) is 10.1 Å². The summed E-state index contributed by atoms with van der Waals surface area (Å²) in [6, 6.07) is 9.57. The molecule has 0 bridgehead atoms. The van der Waals surface area contributed by atoms with Crippen molar-refractivity contribution in [3.63, 3.8) is 0 Å². The van der Waals surface area contributed by atoms with Crippen LogP contribution in [-0.2, 0) is 6.54 Å². The molecule has 0 radical (unpaired) electrons. The second-order valence-electron chi connectivity index (χ2n) is 6.22. The van der Waals surface area contributed by atoms with Gasteiger partial charge in [0.15, 0.2) is 0 Å². The molecule has 4 nitrogen and oxygen atoms in total. The van der Waals surface area contributed by atoms with Crippen LogP contribution < -0.4 is 5.43 Å². The Morgan fingerprint density at radius 1 is 1.23 bits per heavy atom. The zero-order valence-corrected chi connectivity index (χ0v) is 13.0. The van der Waals surface area contributed by atoms with Gasteiger partial charge >= 0.3 is 0 Å². The first-order valence-corrected chi connectivity index (χ1v) is 7.93. The Kier molecular flexibility index (Phi) is 4.26. The fourth-order valence-corrected chi connectivity index (χ4v) is 3.14. The first kappa shape index (κ1) is 14.8. The minimum Gasteiger partial charge on any atom is -0.345 e. The molecule has 0 unspecified atom stereocenters. The predicted octanol–water partition coefficient (Wildman–Crippen LogP) is 2.61. The van der Waals surface area contributed by atoms with E-state index >= 15 is 0 Å². The third-order valence-corrected chi connectivity index (χ3v) is 4.64. The van der Waals surface area contributed by atoms with Crippen LogP contribution in [0.25, 0.3) is 10.9 Å². The highest BCUT2D eigenvalue weighted by molar-refractivity contribution is 5.80. The van der Waals surface area contributed by atoms with Gasteiger partial charge in [-0.2, -0.15) is 5.26 Å². The molecular weight excluding hydrogens is 274 g/mol. The Balaban J connectivity index is 1.86. The van der Waals surface area contributed by atoms with Crippen LogP contribution in [0.1, 0.15) is 25.3 Å². The number of nitriles is 1. The van der Waals surface area contributed by atoms with E-state index in [4.69, 9.17) is 0 Å². The van der Waals surface area contributed by atoms with Crippen LogP contribution in [-0.4, -0.2) is 29.1 Å². The molecule has 0 aliphatic carbocycles. The molecular formula is C18H21N3O. The van der Waals surface area contributed by atoms with Crippen molar-refractivity contribution in [1.82, 2.24) is 9.47 Å². The number of hydrogen-bond acceptors (Lipinski definition) is 3. The maximum Gasteiger partial charge on any atom is 0.207 e. The third-order valence-electron chi connectivity index (χ3n) is 4.64. The largest absolute Gasteiger partial charge is 0.345 e. The quantitative estimate of drug-likeness (QED) is 0.874. The van der Waals surface area contributed by atoms with Crippen LogP contribution in [0, 0.1) is 17.2 Å². The number of benzene rings is 1. The summed E-state index contributed by atoms with van der Waals surface area (Å²) in [5, 5.41) is 9.81. The van der Waals surface area contributed by atoms with Crippen molar-refractivity contribution in [3.8, 4) is 6.07 Å². The van der Waals surface area contributed by atoms with E-state index in [-0.39, 0.29) is 11.0 Å². The van der Waals surface area contributed by atoms with E-state index in [0.29, 0.717) is 5.39 Å². The number of likely N-dealkylation sites (tertiary alicyclic amines) is 1. The zero-order chi connectivity index (χ0) is 15.5. The van der Waals surface area contributed by atoms with Crippen molar-refractivity contribution in [2.45, 2.75) is 26.3 Å². The molecule has 0 atom stereocenters. The topological polar surface area (TPSA) is 49.0 Å². The van der Waals surface area contributed by atoms with Crippen LogP contribution in [0.2, 0.25) is 0 Å². The van der Waals surface area contributed by atoms with Gasteiger partial charge in [0, 0.05) is 24.7 Å². The first-order chi connectivity index (χ1) is 10.7. The first-order valence-electron chi connectivity index (χ1n) is 7.93. The summed E-state index contributed by atoms with van der Waals surface area (Å²) in [5.74, 6) is 0.828. The summed E-state index contributed by atoms with van der Waals surface area (Å²) >= 11 is 0. The molecule has 0 spiro atoms. The Bertz CT molecular complexity index is 764. The van der Waals surface area contributed by atoms with E-state index in [1.54, 1.807) is 12.3 Å². The normalized spacial score (nSPS) is 16.7. The van der Waals surface area contributed by atoms with Gasteiger partial charge in [0.25, 0.3) is 0 Å². The number of fused-ring (bicyclic) bond motifs is 1. The summed E-state index contributed by atoms with van der Waals surface area (Å²) < 4.78 is 2.05. The van der Waals surface area contributed by atoms with Crippen molar-refractivity contribution in [2.75, 3.05) is 19.6 Å². The number of aromatic nitrogens is 1. The summed E-state index contributed by atoms with van der Waals surface area (Å²) in [4.78, 5) is 14.7. The fraction of sp³-hybridized carbons (Fsp3) is 0.444. The lowest BCUT2D eigenvalue weighted by molar-refractivity contribution is 0.187. The Labute approximate surface area is 130 Å². The second kappa shape index (κ2) is 6.33. The number of nitrogens with zero attached hydrogens (tertiary/aromatic N) is 3. The number of para-hydroxylation sites is 1. The van der Waals surface area contributed by atoms with Gasteiger partial charge in [0.2, 0.25) is 5.43 Å². The molecule has 1 aliphatic heterocycles. The van der Waals surface area contributed by atoms with Crippen molar-refractivity contribution in [3.05, 3.63) is 46.2 Å². The molecule has 2 heterocycles. The van der Waals surface area contributed by atoms with Crippen LogP contribution in [0.3, 0.4) is 0 Å². The number of rotatable bonds is 3. The molecule has 4 heteroatoms. The Morgan fingerprint density at radius 3 is 2.68 bits per heavy atom. The lowest BCUT2D eigenvalue weighted by Gasteiger charge is -2.30. The lowest BCUT2D eigenvalue weighted by atomic mass is 9.99. The van der Waals surface area contributed by atoms with Gasteiger partial charge < -0.3 is 9.47 Å². The van der Waals surface area contributed by atoms with Gasteiger partial charge in [-0.25, -0.2) is 0 Å². The van der Waals surface area contributed by atoms with E-state index in [1.165, 1.54) is 12.8 Å². The smallest absolute Gasteiger partial charge is 0.207 e. The Hall–Kier alpha value is -2.12. The molecule has 1 aromatic carbocycles. The fourth-order valence-electron chi connectivity index (χ4n) is 3.14. The molecule has 2 aromatic rings. The monoisotopic (exact) mass is 295 g/mol. The van der Waals surface area contributed by atoms with Gasteiger partial charge in [-0.15, -0.1) is 0 Å². The van der Waals surface area contributed by atoms with Gasteiger partial charge in [-0.05, 0) is 44.0 Å². The van der Waals surface area contributed by atoms with Crippen LogP contribution in [0.15, 0.2) is 35.3 Å². The van der Waals surface area contributed by atoms with Gasteiger partial charge in [0.1, 0.15) is 11.6 Å². The number of pyridine rings is 1. The number of piperidine rings is 1. The summed E-state index contributed by atoms with van der Waals surface area (Å²) in [6.07, 6.45) is 4.22. The van der Waals surface area contributed by atoms with Gasteiger partial charge in [0.05, 0.1) is 5.52 Å². The SMILES string of the molecule is CC1CCN(CCn2cc(C#N)c(=O)c3ccccc32)CC1. The van der Waals surface area contributed by atoms with Gasteiger partial charge in [-0.3, -0.25) is 4.79 Å². The zero-order valence-electron chi connectivity index (χ0n) is 13.0. The third kappa shape index (κ3) is 2.90. The molecule has 0 N–H and O–H groups in total. The van der Waals surface area contributed by atoms with Crippen LogP contribution in [0.4, 0.5) is 0 Å². The molecule has 1 aliphatic rings. The summed E-state index contributed by atoms with van der Waals surface area (Å²) in [7, 11) is 0. The average molecular weight is 295 g/mol. The van der Waals surface area contributed by atoms with Crippen molar-refractivity contribution < 1.29 is 0 Å². The highest BCUT2D eigenvalue weighted by Crippen LogP contribution is 2.16. The maximum atomic E-state index is 12.2. The van der Waals surface area contributed by atoms with Crippen LogP contribution in [0.5, 0.6) is 0 Å². The van der Waals surface area contributed by atoms with Gasteiger partial charge in [-0.1, -0.05) is 19.1 Å². The highest BCUT2D eigenvalue weighted by atomic mass is 16.1. The number of hydrogen-bond donors (Lipinski definition) is 0. The van der Waals surface area contributed by atoms with Crippen molar-refractivity contribution >= 4 is 10.9 Å². The molecule has 3 rings (SSSR count). The van der Waals surface area contributed by atoms with E-state index in [1.807, 2.05) is 28.8 Å². The minimum absolute atomic E-state index is 0.166. The average Bonchev–Trinajstić information content (AvgIpc) is 2.56. The molecule has 22 heavy (non-hydrogen) atoms. The van der Waals surface area contributed by atoms with Crippen molar-refractivity contribution in [2.24, 2.45) is 5.92 Å².